The van der Waals surface area contributed by atoms with Crippen LogP contribution < -0.4 is 33.6 Å². The minimum absolute atomic E-state index is 0.0491. The number of fused-ring (bicyclic) bond motifs is 5. The maximum absolute atomic E-state index is 8.19. The maximum atomic E-state index is 8.19. The Hall–Kier alpha value is -8.91. The standard InChI is InChI=1S/C75H68ClN3O4/c1-73(2,3)53-22-30-57(31-23-53)78(58-32-24-54(25-33-58)74(4,5)6)66-44-52(45-67(72(66)76)79(60-35-38-68-70(47-60)82-42-40-80-68)61-36-39-69-71(48-61)83-43-41-81-69)51-20-28-56(29-21-51)77(55-26-18-50(19-27-55)49-14-10-9-11-15-49)59-34-37-63-62-16-12-13-17-64(62)75(7,8)65(63)46-59/h9-39,44-48H,40-43H2,1-8H3. The van der Waals surface area contributed by atoms with Crippen molar-refractivity contribution >= 4 is 62.8 Å². The highest BCUT2D eigenvalue weighted by molar-refractivity contribution is 6.37. The summed E-state index contributed by atoms with van der Waals surface area (Å²) in [5, 5.41) is 0.543. The molecule has 0 N–H and O–H groups in total. The molecule has 83 heavy (non-hydrogen) atoms. The molecule has 0 saturated carbocycles. The number of ether oxygens (including phenoxy) is 4. The van der Waals surface area contributed by atoms with Gasteiger partial charge in [0.05, 0.1) is 27.8 Å². The number of nitrogens with zero attached hydrogens (tertiary/aromatic N) is 3. The Morgan fingerprint density at radius 1 is 0.337 bits per heavy atom. The van der Waals surface area contributed by atoms with Crippen LogP contribution in [0, 0.1) is 0 Å². The Bertz CT molecular complexity index is 3910. The van der Waals surface area contributed by atoms with Gasteiger partial charge in [-0.1, -0.05) is 176 Å². The van der Waals surface area contributed by atoms with Crippen molar-refractivity contribution in [3.8, 4) is 56.4 Å². The van der Waals surface area contributed by atoms with E-state index in [-0.39, 0.29) is 16.2 Å². The normalized spacial score (nSPS) is 13.9. The van der Waals surface area contributed by atoms with Crippen LogP contribution in [0.5, 0.6) is 23.0 Å². The minimum Gasteiger partial charge on any atom is -0.486 e. The average molecular weight is 1110 g/mol. The Morgan fingerprint density at radius 3 is 1.22 bits per heavy atom. The summed E-state index contributed by atoms with van der Waals surface area (Å²) in [5.74, 6) is 2.71. The van der Waals surface area contributed by atoms with Crippen LogP contribution in [0.25, 0.3) is 33.4 Å². The molecular weight excluding hydrogens is 1040 g/mol. The number of halogens is 1. The SMILES string of the molecule is CC(C)(C)c1ccc(N(c2ccc(C(C)(C)C)cc2)c2cc(-c3ccc(N(c4ccc(-c5ccccc5)cc4)c4ccc5c(c4)C(C)(C)c4ccccc4-5)cc3)cc(N(c3ccc4c(c3)OCCO4)c3ccc4c(c3)OCCO4)c2Cl)cc1. The molecule has 2 heterocycles. The van der Waals surface area contributed by atoms with Gasteiger partial charge in [0.1, 0.15) is 26.4 Å². The molecule has 3 aliphatic rings. The molecule has 2 aliphatic heterocycles. The molecule has 7 nitrogen and oxygen atoms in total. The molecule has 0 bridgehead atoms. The minimum atomic E-state index is -0.177. The van der Waals surface area contributed by atoms with Crippen LogP contribution in [-0.2, 0) is 16.2 Å². The van der Waals surface area contributed by atoms with Gasteiger partial charge in [-0.15, -0.1) is 0 Å². The first kappa shape index (κ1) is 53.4. The van der Waals surface area contributed by atoms with Crippen molar-refractivity contribution in [2.45, 2.75) is 71.6 Å². The lowest BCUT2D eigenvalue weighted by Gasteiger charge is -2.33. The fraction of sp³-hybridized carbons (Fsp3) is 0.200. The number of rotatable bonds is 11. The van der Waals surface area contributed by atoms with Crippen molar-refractivity contribution in [3.63, 3.8) is 0 Å². The lowest BCUT2D eigenvalue weighted by molar-refractivity contribution is 0.171. The number of hydrogen-bond acceptors (Lipinski definition) is 7. The predicted molar refractivity (Wildman–Crippen MR) is 343 cm³/mol. The summed E-state index contributed by atoms with van der Waals surface area (Å²) in [6.07, 6.45) is 0. The zero-order valence-corrected chi connectivity index (χ0v) is 49.2. The first-order chi connectivity index (χ1) is 40.1. The van der Waals surface area contributed by atoms with Crippen LogP contribution in [0.4, 0.5) is 51.2 Å². The van der Waals surface area contributed by atoms with Crippen molar-refractivity contribution in [2.24, 2.45) is 0 Å². The Balaban J connectivity index is 1.01. The molecule has 8 heteroatoms. The molecular formula is C75H68ClN3O4. The van der Waals surface area contributed by atoms with E-state index in [9.17, 15) is 0 Å². The van der Waals surface area contributed by atoms with Gasteiger partial charge in [-0.05, 0) is 164 Å². The van der Waals surface area contributed by atoms with Gasteiger partial charge in [-0.2, -0.15) is 0 Å². The quantitative estimate of drug-likeness (QED) is 0.128. The molecule has 0 fully saturated rings. The second-order valence-corrected chi connectivity index (χ2v) is 24.8. The van der Waals surface area contributed by atoms with E-state index < -0.39 is 0 Å². The molecule has 10 aromatic rings. The van der Waals surface area contributed by atoms with Crippen LogP contribution in [0.1, 0.15) is 77.6 Å². The van der Waals surface area contributed by atoms with Crippen molar-refractivity contribution in [3.05, 3.63) is 246 Å². The van der Waals surface area contributed by atoms with Crippen molar-refractivity contribution in [1.29, 1.82) is 0 Å². The Kier molecular flexibility index (Phi) is 13.6. The molecule has 0 amide bonds. The summed E-state index contributed by atoms with van der Waals surface area (Å²) in [6, 6.07) is 78.7. The Labute approximate surface area is 493 Å². The fourth-order valence-corrected chi connectivity index (χ4v) is 12.3. The van der Waals surface area contributed by atoms with Gasteiger partial charge in [0, 0.05) is 46.0 Å². The second-order valence-electron chi connectivity index (χ2n) is 24.4. The third-order valence-electron chi connectivity index (χ3n) is 16.6. The lowest BCUT2D eigenvalue weighted by atomic mass is 9.82. The molecule has 0 atom stereocenters. The van der Waals surface area contributed by atoms with Gasteiger partial charge >= 0.3 is 0 Å². The third-order valence-corrected chi connectivity index (χ3v) is 17.0. The topological polar surface area (TPSA) is 46.6 Å². The van der Waals surface area contributed by atoms with E-state index >= 15 is 0 Å². The molecule has 0 spiro atoms. The molecule has 13 rings (SSSR count). The highest BCUT2D eigenvalue weighted by atomic mass is 35.5. The summed E-state index contributed by atoms with van der Waals surface area (Å²) >= 11 is 8.19. The van der Waals surface area contributed by atoms with E-state index in [0.717, 1.165) is 67.9 Å². The van der Waals surface area contributed by atoms with Crippen molar-refractivity contribution < 1.29 is 18.9 Å². The van der Waals surface area contributed by atoms with E-state index in [1.807, 2.05) is 24.3 Å². The molecule has 1 aliphatic carbocycles. The average Bonchev–Trinajstić information content (AvgIpc) is 2.29. The van der Waals surface area contributed by atoms with E-state index in [0.29, 0.717) is 54.4 Å². The summed E-state index contributed by atoms with van der Waals surface area (Å²) in [6.45, 7) is 20.0. The van der Waals surface area contributed by atoms with Crippen LogP contribution in [0.15, 0.2) is 218 Å². The highest BCUT2D eigenvalue weighted by Crippen LogP contribution is 2.54. The molecule has 0 radical (unpaired) electrons. The van der Waals surface area contributed by atoms with Crippen molar-refractivity contribution in [1.82, 2.24) is 0 Å². The smallest absolute Gasteiger partial charge is 0.163 e. The zero-order chi connectivity index (χ0) is 57.2. The van der Waals surface area contributed by atoms with Crippen LogP contribution >= 0.6 is 11.6 Å². The largest absolute Gasteiger partial charge is 0.486 e. The van der Waals surface area contributed by atoms with E-state index in [1.165, 1.54) is 38.9 Å². The molecule has 10 aromatic carbocycles. The monoisotopic (exact) mass is 1110 g/mol. The highest BCUT2D eigenvalue weighted by Gasteiger charge is 2.36. The van der Waals surface area contributed by atoms with Crippen LogP contribution in [0.3, 0.4) is 0 Å². The first-order valence-electron chi connectivity index (χ1n) is 28.8. The van der Waals surface area contributed by atoms with E-state index in [4.69, 9.17) is 30.5 Å². The zero-order valence-electron chi connectivity index (χ0n) is 48.5. The molecule has 0 unspecified atom stereocenters. The summed E-state index contributed by atoms with van der Waals surface area (Å²) in [7, 11) is 0. The molecule has 414 valence electrons. The van der Waals surface area contributed by atoms with Gasteiger partial charge in [-0.25, -0.2) is 0 Å². The van der Waals surface area contributed by atoms with E-state index in [2.05, 4.69) is 264 Å². The van der Waals surface area contributed by atoms with Crippen LogP contribution in [-0.4, -0.2) is 26.4 Å². The Morgan fingerprint density at radius 2 is 0.711 bits per heavy atom. The summed E-state index contributed by atoms with van der Waals surface area (Å²) in [5.41, 5.74) is 20.1. The van der Waals surface area contributed by atoms with Crippen LogP contribution in [0.2, 0.25) is 5.02 Å². The summed E-state index contributed by atoms with van der Waals surface area (Å²) in [4.78, 5) is 6.87. The van der Waals surface area contributed by atoms with Gasteiger partial charge in [0.25, 0.3) is 0 Å². The fourth-order valence-electron chi connectivity index (χ4n) is 12.0. The molecule has 0 aromatic heterocycles. The third kappa shape index (κ3) is 10.1. The molecule has 0 saturated heterocycles. The number of benzene rings is 10. The first-order valence-corrected chi connectivity index (χ1v) is 29.2. The maximum Gasteiger partial charge on any atom is 0.163 e. The second kappa shape index (κ2) is 21.1. The number of hydrogen-bond donors (Lipinski definition) is 0. The van der Waals surface area contributed by atoms with Gasteiger partial charge in [-0.3, -0.25) is 0 Å². The lowest BCUT2D eigenvalue weighted by Crippen LogP contribution is -2.18. The predicted octanol–water partition coefficient (Wildman–Crippen LogP) is 20.5. The number of anilines is 9. The van der Waals surface area contributed by atoms with E-state index in [1.54, 1.807) is 0 Å². The van der Waals surface area contributed by atoms with Gasteiger partial charge in [0.15, 0.2) is 23.0 Å². The van der Waals surface area contributed by atoms with Gasteiger partial charge in [0.2, 0.25) is 0 Å². The van der Waals surface area contributed by atoms with Gasteiger partial charge < -0.3 is 33.6 Å². The van der Waals surface area contributed by atoms with Crippen molar-refractivity contribution in [2.75, 3.05) is 41.1 Å². The summed E-state index contributed by atoms with van der Waals surface area (Å²) < 4.78 is 24.7.